The van der Waals surface area contributed by atoms with E-state index in [0.29, 0.717) is 19.3 Å². The topological polar surface area (TPSA) is 78.9 Å². The minimum Gasteiger partial charge on any atom is -0.462 e. The van der Waals surface area contributed by atoms with Gasteiger partial charge in [0.25, 0.3) is 0 Å². The zero-order valence-corrected chi connectivity index (χ0v) is 44.0. The monoisotopic (exact) mass is 925 g/mol. The van der Waals surface area contributed by atoms with Crippen LogP contribution in [0.25, 0.3) is 0 Å². The smallest absolute Gasteiger partial charge is 0.306 e. The molecule has 0 aliphatic heterocycles. The Kier molecular flexibility index (Phi) is 52.8. The first kappa shape index (κ1) is 63.4. The van der Waals surface area contributed by atoms with Crippen molar-refractivity contribution in [2.24, 2.45) is 0 Å². The maximum Gasteiger partial charge on any atom is 0.306 e. The molecule has 0 heterocycles. The van der Waals surface area contributed by atoms with Gasteiger partial charge in [0.2, 0.25) is 0 Å². The molecule has 0 aromatic rings. The number of hydrogen-bond donors (Lipinski definition) is 0. The molecule has 6 heteroatoms. The third-order valence-corrected chi connectivity index (χ3v) is 12.5. The van der Waals surface area contributed by atoms with Gasteiger partial charge < -0.3 is 14.2 Å². The zero-order chi connectivity index (χ0) is 47.9. The van der Waals surface area contributed by atoms with Gasteiger partial charge in [-0.25, -0.2) is 0 Å². The SMILES string of the molecule is CCC/C=C\CCCCCCCC(=O)OC(COC(=O)CCCCCCCCCCC)COC(=O)CCCCCCCCCCCCCCCC/C=C\C/C=C\C/C=C\CCCCCCC. The Bertz CT molecular complexity index is 1150. The summed E-state index contributed by atoms with van der Waals surface area (Å²) in [6.45, 7) is 6.56. The largest absolute Gasteiger partial charge is 0.462 e. The highest BCUT2D eigenvalue weighted by atomic mass is 16.6. The third kappa shape index (κ3) is 52.3. The van der Waals surface area contributed by atoms with E-state index in [9.17, 15) is 14.4 Å². The molecule has 0 saturated carbocycles. The third-order valence-electron chi connectivity index (χ3n) is 12.5. The highest BCUT2D eigenvalue weighted by molar-refractivity contribution is 5.71. The molecule has 0 spiro atoms. The number of unbranched alkanes of at least 4 members (excludes halogenated alkanes) is 33. The second kappa shape index (κ2) is 55.0. The number of allylic oxidation sites excluding steroid dienone is 8. The lowest BCUT2D eigenvalue weighted by Gasteiger charge is -2.18. The molecule has 0 aromatic heterocycles. The second-order valence-electron chi connectivity index (χ2n) is 19.2. The van der Waals surface area contributed by atoms with Crippen LogP contribution in [0.4, 0.5) is 0 Å². The minimum absolute atomic E-state index is 0.0738. The number of ether oxygens (including phenoxy) is 3. The van der Waals surface area contributed by atoms with E-state index < -0.39 is 6.10 Å². The van der Waals surface area contributed by atoms with Crippen LogP contribution in [0.1, 0.15) is 297 Å². The molecule has 0 amide bonds. The lowest BCUT2D eigenvalue weighted by molar-refractivity contribution is -0.167. The maximum atomic E-state index is 12.7. The van der Waals surface area contributed by atoms with E-state index in [2.05, 4.69) is 69.4 Å². The summed E-state index contributed by atoms with van der Waals surface area (Å²) in [5, 5.41) is 0. The van der Waals surface area contributed by atoms with Gasteiger partial charge in [0.1, 0.15) is 13.2 Å². The van der Waals surface area contributed by atoms with Gasteiger partial charge in [0, 0.05) is 19.3 Å². The number of rotatable bonds is 52. The molecule has 0 N–H and O–H groups in total. The van der Waals surface area contributed by atoms with Gasteiger partial charge in [-0.2, -0.15) is 0 Å². The van der Waals surface area contributed by atoms with Crippen LogP contribution in [0, 0.1) is 0 Å². The van der Waals surface area contributed by atoms with Crippen molar-refractivity contribution in [1.82, 2.24) is 0 Å². The van der Waals surface area contributed by atoms with Gasteiger partial charge in [-0.1, -0.05) is 249 Å². The van der Waals surface area contributed by atoms with Crippen molar-refractivity contribution in [2.75, 3.05) is 13.2 Å². The highest BCUT2D eigenvalue weighted by Crippen LogP contribution is 2.16. The molecule has 384 valence electrons. The van der Waals surface area contributed by atoms with Gasteiger partial charge in [0.15, 0.2) is 6.10 Å². The quantitative estimate of drug-likeness (QED) is 0.0262. The zero-order valence-electron chi connectivity index (χ0n) is 44.0. The first-order valence-corrected chi connectivity index (χ1v) is 28.6. The van der Waals surface area contributed by atoms with E-state index in [1.807, 2.05) is 0 Å². The lowest BCUT2D eigenvalue weighted by atomic mass is 10.0. The molecule has 0 aliphatic carbocycles. The molecule has 1 atom stereocenters. The molecule has 0 aromatic carbocycles. The van der Waals surface area contributed by atoms with Gasteiger partial charge in [-0.05, 0) is 77.0 Å². The summed E-state index contributed by atoms with van der Waals surface area (Å²) in [6.07, 6.45) is 67.0. The van der Waals surface area contributed by atoms with Gasteiger partial charge >= 0.3 is 17.9 Å². The summed E-state index contributed by atoms with van der Waals surface area (Å²) in [5.74, 6) is -0.879. The fraction of sp³-hybridized carbons (Fsp3) is 0.817. The van der Waals surface area contributed by atoms with Gasteiger partial charge in [0.05, 0.1) is 0 Å². The van der Waals surface area contributed by atoms with Gasteiger partial charge in [-0.3, -0.25) is 14.4 Å². The van der Waals surface area contributed by atoms with E-state index in [-0.39, 0.29) is 31.1 Å². The van der Waals surface area contributed by atoms with Crippen molar-refractivity contribution < 1.29 is 28.6 Å². The second-order valence-corrected chi connectivity index (χ2v) is 19.2. The number of carbonyl (C=O) groups is 3. The summed E-state index contributed by atoms with van der Waals surface area (Å²) in [6, 6.07) is 0. The van der Waals surface area contributed by atoms with Gasteiger partial charge in [-0.15, -0.1) is 0 Å². The molecule has 66 heavy (non-hydrogen) atoms. The Balaban J connectivity index is 4.05. The molecular formula is C60H108O6. The Morgan fingerprint density at radius 3 is 0.924 bits per heavy atom. The number of carbonyl (C=O) groups excluding carboxylic acids is 3. The molecule has 0 rings (SSSR count). The van der Waals surface area contributed by atoms with Crippen molar-refractivity contribution in [2.45, 2.75) is 303 Å². The van der Waals surface area contributed by atoms with Crippen molar-refractivity contribution in [3.8, 4) is 0 Å². The Labute approximate surface area is 409 Å². The van der Waals surface area contributed by atoms with Crippen LogP contribution in [0.5, 0.6) is 0 Å². The summed E-state index contributed by atoms with van der Waals surface area (Å²) >= 11 is 0. The molecule has 0 saturated heterocycles. The fourth-order valence-corrected chi connectivity index (χ4v) is 8.22. The van der Waals surface area contributed by atoms with Crippen LogP contribution in [-0.2, 0) is 28.6 Å². The molecular weight excluding hydrogens is 817 g/mol. The highest BCUT2D eigenvalue weighted by Gasteiger charge is 2.19. The predicted octanol–water partition coefficient (Wildman–Crippen LogP) is 19.0. The Hall–Kier alpha value is -2.63. The summed E-state index contributed by atoms with van der Waals surface area (Å²) in [5.41, 5.74) is 0. The van der Waals surface area contributed by atoms with E-state index >= 15 is 0 Å². The Morgan fingerprint density at radius 2 is 0.576 bits per heavy atom. The van der Waals surface area contributed by atoms with Crippen molar-refractivity contribution in [3.63, 3.8) is 0 Å². The molecule has 0 aliphatic rings. The first-order valence-electron chi connectivity index (χ1n) is 28.6. The van der Waals surface area contributed by atoms with Crippen LogP contribution in [0.15, 0.2) is 48.6 Å². The molecule has 0 fully saturated rings. The summed E-state index contributed by atoms with van der Waals surface area (Å²) < 4.78 is 16.8. The van der Waals surface area contributed by atoms with E-state index in [1.54, 1.807) is 0 Å². The summed E-state index contributed by atoms with van der Waals surface area (Å²) in [7, 11) is 0. The lowest BCUT2D eigenvalue weighted by Crippen LogP contribution is -2.30. The molecule has 0 radical (unpaired) electrons. The number of esters is 3. The van der Waals surface area contributed by atoms with E-state index in [0.717, 1.165) is 89.9 Å². The van der Waals surface area contributed by atoms with Crippen molar-refractivity contribution in [1.29, 1.82) is 0 Å². The van der Waals surface area contributed by atoms with Crippen molar-refractivity contribution in [3.05, 3.63) is 48.6 Å². The minimum atomic E-state index is -0.772. The normalized spacial score (nSPS) is 12.3. The fourth-order valence-electron chi connectivity index (χ4n) is 8.22. The van der Waals surface area contributed by atoms with Crippen LogP contribution >= 0.6 is 0 Å². The summed E-state index contributed by atoms with van der Waals surface area (Å²) in [4.78, 5) is 37.9. The predicted molar refractivity (Wildman–Crippen MR) is 284 cm³/mol. The maximum absolute atomic E-state index is 12.7. The van der Waals surface area contributed by atoms with Crippen LogP contribution in [0.3, 0.4) is 0 Å². The van der Waals surface area contributed by atoms with Crippen LogP contribution in [0.2, 0.25) is 0 Å². The standard InChI is InChI=1S/C60H108O6/c1-4-7-10-13-16-19-21-22-23-24-25-26-27-28-29-30-31-32-33-34-35-36-37-38-39-42-44-47-50-53-59(62)65-56-57(55-64-58(61)52-49-46-43-40-18-15-12-9-6-3)66-60(63)54-51-48-45-41-20-17-14-11-8-5-2/h11,14,21-22,24-25,27-28,57H,4-10,12-13,15-20,23,26,29-56H2,1-3H3/b14-11-,22-21-,25-24-,28-27-. The Morgan fingerprint density at radius 1 is 0.303 bits per heavy atom. The average molecular weight is 926 g/mol. The van der Waals surface area contributed by atoms with Crippen LogP contribution in [-0.4, -0.2) is 37.2 Å². The average Bonchev–Trinajstić information content (AvgIpc) is 3.31. The molecule has 6 nitrogen and oxygen atoms in total. The molecule has 1 unspecified atom stereocenters. The van der Waals surface area contributed by atoms with E-state index in [4.69, 9.17) is 14.2 Å². The first-order chi connectivity index (χ1) is 32.5. The van der Waals surface area contributed by atoms with E-state index in [1.165, 1.54) is 167 Å². The van der Waals surface area contributed by atoms with Crippen LogP contribution < -0.4 is 0 Å². The molecule has 0 bridgehead atoms. The number of hydrogen-bond acceptors (Lipinski definition) is 6. The van der Waals surface area contributed by atoms with Crippen molar-refractivity contribution >= 4 is 17.9 Å².